The number of nitrogens with one attached hydrogen (secondary N) is 1. The van der Waals surface area contributed by atoms with Crippen LogP contribution in [0.5, 0.6) is 0 Å². The maximum Gasteiger partial charge on any atom is 0.405 e. The van der Waals surface area contributed by atoms with E-state index in [1.165, 1.54) is 11.3 Å². The molecule has 16 heavy (non-hydrogen) atoms. The maximum atomic E-state index is 12.4. The van der Waals surface area contributed by atoms with Gasteiger partial charge in [0.2, 0.25) is 0 Å². The molecule has 0 saturated carbocycles. The third-order valence-corrected chi connectivity index (χ3v) is 2.92. The molecule has 88 valence electrons. The molecule has 4 nitrogen and oxygen atoms in total. The summed E-state index contributed by atoms with van der Waals surface area (Å²) in [5.74, 6) is 4.87. The number of alkyl halides is 3. The van der Waals surface area contributed by atoms with Crippen LogP contribution >= 0.6 is 11.3 Å². The molecule has 0 fully saturated rings. The fourth-order valence-electron chi connectivity index (χ4n) is 1.35. The van der Waals surface area contributed by atoms with Crippen molar-refractivity contribution in [2.45, 2.75) is 18.6 Å². The third kappa shape index (κ3) is 2.18. The van der Waals surface area contributed by atoms with Crippen molar-refractivity contribution in [2.75, 3.05) is 0 Å². The minimum atomic E-state index is -4.37. The summed E-state index contributed by atoms with van der Waals surface area (Å²) in [5, 5.41) is 1.81. The van der Waals surface area contributed by atoms with Crippen molar-refractivity contribution in [3.8, 4) is 0 Å². The van der Waals surface area contributed by atoms with Gasteiger partial charge in [-0.05, 0) is 0 Å². The Kier molecular flexibility index (Phi) is 2.87. The van der Waals surface area contributed by atoms with Gasteiger partial charge in [-0.3, -0.25) is 10.2 Å². The SMILES string of the molecule is NNC(Cc1cn2ccsc2n1)C(F)(F)F. The highest BCUT2D eigenvalue weighted by atomic mass is 32.1. The monoisotopic (exact) mass is 250 g/mol. The fraction of sp³-hybridized carbons (Fsp3) is 0.375. The molecule has 2 heterocycles. The van der Waals surface area contributed by atoms with Gasteiger partial charge in [0.25, 0.3) is 0 Å². The summed E-state index contributed by atoms with van der Waals surface area (Å²) >= 11 is 1.37. The van der Waals surface area contributed by atoms with Crippen molar-refractivity contribution < 1.29 is 13.2 Å². The number of nitrogens with two attached hydrogens (primary N) is 1. The van der Waals surface area contributed by atoms with E-state index in [2.05, 4.69) is 4.98 Å². The first-order chi connectivity index (χ1) is 7.50. The zero-order valence-corrected chi connectivity index (χ0v) is 8.85. The number of hydrazine groups is 1. The second kappa shape index (κ2) is 4.04. The molecule has 2 rings (SSSR count). The quantitative estimate of drug-likeness (QED) is 0.638. The van der Waals surface area contributed by atoms with Crippen molar-refractivity contribution in [3.63, 3.8) is 0 Å². The van der Waals surface area contributed by atoms with E-state index in [1.807, 2.05) is 5.38 Å². The van der Waals surface area contributed by atoms with Crippen LogP contribution in [-0.2, 0) is 6.42 Å². The van der Waals surface area contributed by atoms with Gasteiger partial charge < -0.3 is 0 Å². The number of nitrogens with zero attached hydrogens (tertiary/aromatic N) is 2. The van der Waals surface area contributed by atoms with Crippen LogP contribution in [0.2, 0.25) is 0 Å². The first-order valence-corrected chi connectivity index (χ1v) is 5.32. The van der Waals surface area contributed by atoms with Crippen LogP contribution in [0.1, 0.15) is 5.69 Å². The molecule has 0 aliphatic carbocycles. The normalized spacial score (nSPS) is 14.5. The minimum Gasteiger partial charge on any atom is -0.297 e. The Balaban J connectivity index is 2.17. The summed E-state index contributed by atoms with van der Waals surface area (Å²) < 4.78 is 38.9. The van der Waals surface area contributed by atoms with Crippen LogP contribution in [0.15, 0.2) is 17.8 Å². The first kappa shape index (κ1) is 11.4. The van der Waals surface area contributed by atoms with Gasteiger partial charge in [-0.25, -0.2) is 10.4 Å². The lowest BCUT2D eigenvalue weighted by atomic mass is 10.2. The Morgan fingerprint density at radius 2 is 2.31 bits per heavy atom. The summed E-state index contributed by atoms with van der Waals surface area (Å²) in [6.45, 7) is 0. The Bertz CT molecular complexity index is 446. The van der Waals surface area contributed by atoms with Crippen LogP contribution in [0.25, 0.3) is 4.96 Å². The zero-order valence-electron chi connectivity index (χ0n) is 8.03. The molecule has 2 aromatic heterocycles. The summed E-state index contributed by atoms with van der Waals surface area (Å²) in [6, 6.07) is -1.77. The van der Waals surface area contributed by atoms with Crippen molar-refractivity contribution in [3.05, 3.63) is 23.5 Å². The summed E-state index contributed by atoms with van der Waals surface area (Å²) in [7, 11) is 0. The zero-order chi connectivity index (χ0) is 11.8. The molecule has 0 bridgehead atoms. The minimum absolute atomic E-state index is 0.269. The van der Waals surface area contributed by atoms with Crippen molar-refractivity contribution in [1.82, 2.24) is 14.8 Å². The molecule has 1 atom stereocenters. The summed E-state index contributed by atoms with van der Waals surface area (Å²) in [6.07, 6.45) is -1.32. The molecular formula is C8H9F3N4S. The van der Waals surface area contributed by atoms with Crippen molar-refractivity contribution in [1.29, 1.82) is 0 Å². The highest BCUT2D eigenvalue weighted by Crippen LogP contribution is 2.23. The van der Waals surface area contributed by atoms with E-state index in [4.69, 9.17) is 5.84 Å². The number of aromatic nitrogens is 2. The topological polar surface area (TPSA) is 55.3 Å². The summed E-state index contributed by atoms with van der Waals surface area (Å²) in [4.78, 5) is 4.73. The predicted molar refractivity (Wildman–Crippen MR) is 53.9 cm³/mol. The molecule has 2 aromatic rings. The molecule has 0 saturated heterocycles. The fourth-order valence-corrected chi connectivity index (χ4v) is 2.07. The lowest BCUT2D eigenvalue weighted by Crippen LogP contribution is -2.47. The lowest BCUT2D eigenvalue weighted by Gasteiger charge is -2.17. The Labute approximate surface area is 92.9 Å². The number of hydrogen-bond acceptors (Lipinski definition) is 4. The standard InChI is InChI=1S/C8H9F3N4S/c9-8(10,11)6(14-12)3-5-4-15-1-2-16-7(15)13-5/h1-2,4,6,14H,3,12H2. The molecule has 0 aliphatic rings. The van der Waals surface area contributed by atoms with E-state index in [-0.39, 0.29) is 6.42 Å². The number of halogens is 3. The largest absolute Gasteiger partial charge is 0.405 e. The van der Waals surface area contributed by atoms with Gasteiger partial charge in [-0.15, -0.1) is 11.3 Å². The van der Waals surface area contributed by atoms with E-state index in [9.17, 15) is 13.2 Å². The maximum absolute atomic E-state index is 12.4. The molecule has 0 aromatic carbocycles. The van der Waals surface area contributed by atoms with Crippen molar-refractivity contribution in [2.24, 2.45) is 5.84 Å². The molecule has 0 aliphatic heterocycles. The molecule has 3 N–H and O–H groups in total. The highest BCUT2D eigenvalue weighted by Gasteiger charge is 2.39. The number of imidazole rings is 1. The molecule has 8 heteroatoms. The van der Waals surface area contributed by atoms with Crippen molar-refractivity contribution >= 4 is 16.3 Å². The number of thiazole rings is 1. The van der Waals surface area contributed by atoms with E-state index in [1.54, 1.807) is 22.2 Å². The Hall–Kier alpha value is -1.12. The molecule has 0 radical (unpaired) electrons. The van der Waals surface area contributed by atoms with Crippen LogP contribution in [0.3, 0.4) is 0 Å². The van der Waals surface area contributed by atoms with E-state index < -0.39 is 12.2 Å². The molecular weight excluding hydrogens is 241 g/mol. The van der Waals surface area contributed by atoms with E-state index in [0.717, 1.165) is 0 Å². The number of fused-ring (bicyclic) bond motifs is 1. The van der Waals surface area contributed by atoms with Crippen LogP contribution in [-0.4, -0.2) is 21.6 Å². The second-order valence-electron chi connectivity index (χ2n) is 3.29. The Morgan fingerprint density at radius 3 is 2.88 bits per heavy atom. The van der Waals surface area contributed by atoms with Crippen LogP contribution in [0.4, 0.5) is 13.2 Å². The van der Waals surface area contributed by atoms with Gasteiger partial charge in [0.1, 0.15) is 6.04 Å². The second-order valence-corrected chi connectivity index (χ2v) is 4.16. The average molecular weight is 250 g/mol. The lowest BCUT2D eigenvalue weighted by molar-refractivity contribution is -0.155. The van der Waals surface area contributed by atoms with Gasteiger partial charge >= 0.3 is 6.18 Å². The number of rotatable bonds is 3. The number of hydrogen-bond donors (Lipinski definition) is 2. The van der Waals surface area contributed by atoms with Crippen LogP contribution in [0, 0.1) is 0 Å². The Morgan fingerprint density at radius 1 is 1.56 bits per heavy atom. The predicted octanol–water partition coefficient (Wildman–Crippen LogP) is 1.33. The van der Waals surface area contributed by atoms with Gasteiger partial charge in [0.15, 0.2) is 4.96 Å². The highest BCUT2D eigenvalue weighted by molar-refractivity contribution is 7.15. The smallest absolute Gasteiger partial charge is 0.297 e. The average Bonchev–Trinajstić information content (AvgIpc) is 2.71. The van der Waals surface area contributed by atoms with E-state index in [0.29, 0.717) is 10.7 Å². The van der Waals surface area contributed by atoms with Crippen LogP contribution < -0.4 is 11.3 Å². The summed E-state index contributed by atoms with van der Waals surface area (Å²) in [5.41, 5.74) is 2.12. The molecule has 1 unspecified atom stereocenters. The molecule has 0 amide bonds. The van der Waals surface area contributed by atoms with Gasteiger partial charge in [-0.2, -0.15) is 13.2 Å². The third-order valence-electron chi connectivity index (χ3n) is 2.15. The van der Waals surface area contributed by atoms with E-state index >= 15 is 0 Å². The molecule has 0 spiro atoms. The first-order valence-electron chi connectivity index (χ1n) is 4.44. The van der Waals surface area contributed by atoms with Gasteiger partial charge in [0.05, 0.1) is 5.69 Å². The van der Waals surface area contributed by atoms with Gasteiger partial charge in [-0.1, -0.05) is 0 Å². The van der Waals surface area contributed by atoms with Gasteiger partial charge in [0, 0.05) is 24.2 Å².